The first-order valence-corrected chi connectivity index (χ1v) is 6.97. The zero-order valence-corrected chi connectivity index (χ0v) is 10.8. The molecule has 2 N–H and O–H groups in total. The second-order valence-electron chi connectivity index (χ2n) is 5.35. The number of carbonyl (C=O) groups excluding carboxylic acids is 1. The van der Waals surface area contributed by atoms with E-state index in [0.717, 1.165) is 17.7 Å². The summed E-state index contributed by atoms with van der Waals surface area (Å²) in [7, 11) is 0. The van der Waals surface area contributed by atoms with Crippen LogP contribution in [0.2, 0.25) is 0 Å². The number of aryl methyl sites for hydroxylation is 1. The molecule has 1 saturated carbocycles. The van der Waals surface area contributed by atoms with E-state index in [2.05, 4.69) is 29.7 Å². The van der Waals surface area contributed by atoms with E-state index in [-0.39, 0.29) is 11.9 Å². The maximum Gasteiger partial charge on any atom is 0.246 e. The topological polar surface area (TPSA) is 41.1 Å². The number of carbonyl (C=O) groups is 1. The molecule has 3 nitrogen and oxygen atoms in total. The van der Waals surface area contributed by atoms with Crippen LogP contribution in [-0.2, 0) is 11.2 Å². The molecule has 1 heterocycles. The first kappa shape index (κ1) is 11.7. The summed E-state index contributed by atoms with van der Waals surface area (Å²) in [5.41, 5.74) is 3.41. The minimum atomic E-state index is -0.144. The molecule has 0 saturated heterocycles. The van der Waals surface area contributed by atoms with Gasteiger partial charge in [0.05, 0.1) is 0 Å². The lowest BCUT2D eigenvalue weighted by molar-refractivity contribution is -0.117. The molecule has 1 aromatic carbocycles. The highest BCUT2D eigenvalue weighted by Gasteiger charge is 2.32. The summed E-state index contributed by atoms with van der Waals surface area (Å²) >= 11 is 0. The molecular weight excluding hydrogens is 224 g/mol. The molecule has 96 valence electrons. The monoisotopic (exact) mass is 244 g/mol. The number of anilines is 1. The zero-order chi connectivity index (χ0) is 12.5. The van der Waals surface area contributed by atoms with Gasteiger partial charge in [0.25, 0.3) is 0 Å². The van der Waals surface area contributed by atoms with Crippen LogP contribution in [0.5, 0.6) is 0 Å². The Labute approximate surface area is 108 Å². The summed E-state index contributed by atoms with van der Waals surface area (Å²) in [5, 5.41) is 6.49. The number of benzene rings is 1. The molecular formula is C15H20N2O. The second-order valence-corrected chi connectivity index (χ2v) is 5.35. The Kier molecular flexibility index (Phi) is 3.08. The SMILES string of the molecule is CCc1ccc2c(c1)C(NC1CCCC1)C(=O)N2. The predicted molar refractivity (Wildman–Crippen MR) is 72.6 cm³/mol. The Hall–Kier alpha value is -1.35. The van der Waals surface area contributed by atoms with Gasteiger partial charge in [-0.05, 0) is 30.9 Å². The first-order valence-electron chi connectivity index (χ1n) is 6.97. The Morgan fingerprint density at radius 2 is 2.11 bits per heavy atom. The van der Waals surface area contributed by atoms with Crippen LogP contribution in [0, 0.1) is 0 Å². The average Bonchev–Trinajstić information content (AvgIpc) is 2.99. The van der Waals surface area contributed by atoms with Crippen LogP contribution in [0.4, 0.5) is 5.69 Å². The van der Waals surface area contributed by atoms with Crippen molar-refractivity contribution in [1.29, 1.82) is 0 Å². The van der Waals surface area contributed by atoms with Crippen molar-refractivity contribution in [3.8, 4) is 0 Å². The minimum Gasteiger partial charge on any atom is -0.324 e. The Morgan fingerprint density at radius 1 is 1.33 bits per heavy atom. The maximum atomic E-state index is 12.0. The number of nitrogens with one attached hydrogen (secondary N) is 2. The third-order valence-corrected chi connectivity index (χ3v) is 4.11. The molecule has 1 aromatic rings. The van der Waals surface area contributed by atoms with Crippen LogP contribution in [0.25, 0.3) is 0 Å². The molecule has 1 unspecified atom stereocenters. The molecule has 2 aliphatic rings. The average molecular weight is 244 g/mol. The summed E-state index contributed by atoms with van der Waals surface area (Å²) in [5.74, 6) is 0.102. The van der Waals surface area contributed by atoms with Crippen molar-refractivity contribution < 1.29 is 4.79 Å². The molecule has 1 amide bonds. The Morgan fingerprint density at radius 3 is 2.83 bits per heavy atom. The third-order valence-electron chi connectivity index (χ3n) is 4.11. The van der Waals surface area contributed by atoms with Gasteiger partial charge in [-0.2, -0.15) is 0 Å². The van der Waals surface area contributed by atoms with Crippen molar-refractivity contribution in [2.45, 2.75) is 51.1 Å². The van der Waals surface area contributed by atoms with Gasteiger partial charge in [-0.1, -0.05) is 31.9 Å². The van der Waals surface area contributed by atoms with Crippen LogP contribution in [-0.4, -0.2) is 11.9 Å². The fourth-order valence-corrected chi connectivity index (χ4v) is 3.02. The highest BCUT2D eigenvalue weighted by atomic mass is 16.2. The molecule has 0 spiro atoms. The van der Waals surface area contributed by atoms with E-state index >= 15 is 0 Å². The quantitative estimate of drug-likeness (QED) is 0.858. The fourth-order valence-electron chi connectivity index (χ4n) is 3.02. The van der Waals surface area contributed by atoms with Gasteiger partial charge in [0.15, 0.2) is 0 Å². The lowest BCUT2D eigenvalue weighted by Gasteiger charge is -2.17. The fraction of sp³-hybridized carbons (Fsp3) is 0.533. The molecule has 0 bridgehead atoms. The number of hydrogen-bond acceptors (Lipinski definition) is 2. The van der Waals surface area contributed by atoms with Crippen LogP contribution in [0.3, 0.4) is 0 Å². The summed E-state index contributed by atoms with van der Waals surface area (Å²) < 4.78 is 0. The van der Waals surface area contributed by atoms with Crippen LogP contribution < -0.4 is 10.6 Å². The molecule has 3 heteroatoms. The molecule has 1 fully saturated rings. The van der Waals surface area contributed by atoms with E-state index in [1.807, 2.05) is 6.07 Å². The van der Waals surface area contributed by atoms with Crippen LogP contribution in [0.15, 0.2) is 18.2 Å². The lowest BCUT2D eigenvalue weighted by Crippen LogP contribution is -2.34. The molecule has 1 atom stereocenters. The summed E-state index contributed by atoms with van der Waals surface area (Å²) in [6, 6.07) is 6.66. The van der Waals surface area contributed by atoms with Gasteiger partial charge in [0.1, 0.15) is 6.04 Å². The van der Waals surface area contributed by atoms with E-state index in [4.69, 9.17) is 0 Å². The summed E-state index contributed by atoms with van der Waals surface area (Å²) in [6.45, 7) is 2.14. The Balaban J connectivity index is 1.84. The molecule has 3 rings (SSSR count). The van der Waals surface area contributed by atoms with Gasteiger partial charge in [-0.3, -0.25) is 10.1 Å². The number of fused-ring (bicyclic) bond motifs is 1. The van der Waals surface area contributed by atoms with Crippen molar-refractivity contribution >= 4 is 11.6 Å². The summed E-state index contributed by atoms with van der Waals surface area (Å²) in [4.78, 5) is 12.0. The number of rotatable bonds is 3. The van der Waals surface area contributed by atoms with Gasteiger partial charge < -0.3 is 5.32 Å². The molecule has 0 radical (unpaired) electrons. The second kappa shape index (κ2) is 4.73. The van der Waals surface area contributed by atoms with Crippen LogP contribution in [0.1, 0.15) is 49.8 Å². The van der Waals surface area contributed by atoms with Crippen molar-refractivity contribution in [3.05, 3.63) is 29.3 Å². The van der Waals surface area contributed by atoms with E-state index in [1.54, 1.807) is 0 Å². The van der Waals surface area contributed by atoms with Crippen molar-refractivity contribution in [2.24, 2.45) is 0 Å². The highest BCUT2D eigenvalue weighted by Crippen LogP contribution is 2.33. The van der Waals surface area contributed by atoms with Crippen molar-refractivity contribution in [1.82, 2.24) is 5.32 Å². The molecule has 0 aromatic heterocycles. The van der Waals surface area contributed by atoms with E-state index in [9.17, 15) is 4.79 Å². The molecule has 1 aliphatic heterocycles. The van der Waals surface area contributed by atoms with E-state index in [0.29, 0.717) is 6.04 Å². The number of amides is 1. The summed E-state index contributed by atoms with van der Waals surface area (Å²) in [6.07, 6.45) is 5.98. The van der Waals surface area contributed by atoms with E-state index in [1.165, 1.54) is 31.2 Å². The zero-order valence-electron chi connectivity index (χ0n) is 10.8. The van der Waals surface area contributed by atoms with Gasteiger partial charge >= 0.3 is 0 Å². The third kappa shape index (κ3) is 2.03. The maximum absolute atomic E-state index is 12.0. The van der Waals surface area contributed by atoms with Gasteiger partial charge in [0, 0.05) is 17.3 Å². The van der Waals surface area contributed by atoms with Crippen molar-refractivity contribution in [2.75, 3.05) is 5.32 Å². The normalized spacial score (nSPS) is 23.2. The standard InChI is InChI=1S/C15H20N2O/c1-2-10-7-8-13-12(9-10)14(15(18)17-13)16-11-5-3-4-6-11/h7-9,11,14,16H,2-6H2,1H3,(H,17,18). The van der Waals surface area contributed by atoms with Gasteiger partial charge in [-0.15, -0.1) is 0 Å². The number of hydrogen-bond donors (Lipinski definition) is 2. The minimum absolute atomic E-state index is 0.102. The smallest absolute Gasteiger partial charge is 0.246 e. The predicted octanol–water partition coefficient (Wildman–Crippen LogP) is 2.77. The van der Waals surface area contributed by atoms with Crippen molar-refractivity contribution in [3.63, 3.8) is 0 Å². The molecule has 1 aliphatic carbocycles. The Bertz CT molecular complexity index is 464. The molecule has 18 heavy (non-hydrogen) atoms. The largest absolute Gasteiger partial charge is 0.324 e. The lowest BCUT2D eigenvalue weighted by atomic mass is 10.0. The van der Waals surface area contributed by atoms with E-state index < -0.39 is 0 Å². The first-order chi connectivity index (χ1) is 8.78. The van der Waals surface area contributed by atoms with Crippen LogP contribution >= 0.6 is 0 Å². The highest BCUT2D eigenvalue weighted by molar-refractivity contribution is 6.02. The van der Waals surface area contributed by atoms with Gasteiger partial charge in [-0.25, -0.2) is 0 Å². The van der Waals surface area contributed by atoms with Gasteiger partial charge in [0.2, 0.25) is 5.91 Å².